The number of ether oxygens (including phenoxy) is 2. The van der Waals surface area contributed by atoms with E-state index in [1.165, 1.54) is 0 Å². The van der Waals surface area contributed by atoms with Gasteiger partial charge in [0.15, 0.2) is 11.5 Å². The van der Waals surface area contributed by atoms with Crippen LogP contribution in [0.3, 0.4) is 0 Å². The monoisotopic (exact) mass is 237 g/mol. The molecule has 0 saturated heterocycles. The Kier molecular flexibility index (Phi) is 4.82. The average molecular weight is 237 g/mol. The molecule has 0 fully saturated rings. The van der Waals surface area contributed by atoms with E-state index in [4.69, 9.17) is 9.47 Å². The van der Waals surface area contributed by atoms with Gasteiger partial charge >= 0.3 is 0 Å². The Hall–Kier alpha value is -1.71. The number of carbonyl (C=O) groups excluding carboxylic acids is 1. The summed E-state index contributed by atoms with van der Waals surface area (Å²) in [5.41, 5.74) is 0.617. The lowest BCUT2D eigenvalue weighted by atomic mass is 10.1. The maximum Gasteiger partial charge on any atom is 0.253 e. The molecule has 0 aromatic heterocycles. The SMILES string of the molecule is CCN(CC)C(=O)c1ccc(OC)c(OC)c1. The third-order valence-corrected chi connectivity index (χ3v) is 2.68. The highest BCUT2D eigenvalue weighted by molar-refractivity contribution is 5.94. The molecular weight excluding hydrogens is 218 g/mol. The number of methoxy groups -OCH3 is 2. The zero-order valence-electron chi connectivity index (χ0n) is 10.8. The van der Waals surface area contributed by atoms with Gasteiger partial charge in [0.1, 0.15) is 0 Å². The van der Waals surface area contributed by atoms with Gasteiger partial charge in [-0.1, -0.05) is 0 Å². The predicted molar refractivity (Wildman–Crippen MR) is 66.8 cm³/mol. The zero-order chi connectivity index (χ0) is 12.8. The lowest BCUT2D eigenvalue weighted by Gasteiger charge is -2.19. The van der Waals surface area contributed by atoms with E-state index in [1.54, 1.807) is 37.3 Å². The molecule has 4 nitrogen and oxygen atoms in total. The molecule has 0 N–H and O–H groups in total. The maximum absolute atomic E-state index is 12.1. The molecule has 4 heteroatoms. The number of carbonyl (C=O) groups is 1. The van der Waals surface area contributed by atoms with E-state index in [1.807, 2.05) is 13.8 Å². The molecule has 0 spiro atoms. The van der Waals surface area contributed by atoms with Crippen molar-refractivity contribution in [3.8, 4) is 11.5 Å². The van der Waals surface area contributed by atoms with Crippen molar-refractivity contribution in [3.63, 3.8) is 0 Å². The summed E-state index contributed by atoms with van der Waals surface area (Å²) in [6, 6.07) is 5.21. The van der Waals surface area contributed by atoms with Gasteiger partial charge in [0.25, 0.3) is 5.91 Å². The summed E-state index contributed by atoms with van der Waals surface area (Å²) < 4.78 is 10.3. The fraction of sp³-hybridized carbons (Fsp3) is 0.462. The second kappa shape index (κ2) is 6.13. The molecule has 0 unspecified atom stereocenters. The van der Waals surface area contributed by atoms with Crippen LogP contribution in [-0.2, 0) is 0 Å². The second-order valence-electron chi connectivity index (χ2n) is 3.55. The second-order valence-corrected chi connectivity index (χ2v) is 3.55. The summed E-state index contributed by atoms with van der Waals surface area (Å²) in [6.45, 7) is 5.32. The summed E-state index contributed by atoms with van der Waals surface area (Å²) in [5, 5.41) is 0. The summed E-state index contributed by atoms with van der Waals surface area (Å²) >= 11 is 0. The van der Waals surface area contributed by atoms with Gasteiger partial charge in [-0.05, 0) is 32.0 Å². The highest BCUT2D eigenvalue weighted by Crippen LogP contribution is 2.27. The molecule has 0 atom stereocenters. The highest BCUT2D eigenvalue weighted by Gasteiger charge is 2.14. The smallest absolute Gasteiger partial charge is 0.253 e. The quantitative estimate of drug-likeness (QED) is 0.788. The van der Waals surface area contributed by atoms with E-state index in [2.05, 4.69) is 0 Å². The molecule has 0 aliphatic heterocycles. The molecule has 0 saturated carbocycles. The van der Waals surface area contributed by atoms with Crippen LogP contribution < -0.4 is 9.47 Å². The molecule has 1 aromatic carbocycles. The first-order chi connectivity index (χ1) is 8.17. The summed E-state index contributed by atoms with van der Waals surface area (Å²) in [5.74, 6) is 1.21. The Bertz CT molecular complexity index is 386. The summed E-state index contributed by atoms with van der Waals surface area (Å²) in [6.07, 6.45) is 0. The van der Waals surface area contributed by atoms with Crippen molar-refractivity contribution in [2.75, 3.05) is 27.3 Å². The number of hydrogen-bond acceptors (Lipinski definition) is 3. The van der Waals surface area contributed by atoms with Crippen LogP contribution in [0.4, 0.5) is 0 Å². The first-order valence-electron chi connectivity index (χ1n) is 5.69. The van der Waals surface area contributed by atoms with Crippen molar-refractivity contribution >= 4 is 5.91 Å². The normalized spacial score (nSPS) is 9.88. The highest BCUT2D eigenvalue weighted by atomic mass is 16.5. The van der Waals surface area contributed by atoms with Gasteiger partial charge in [-0.15, -0.1) is 0 Å². The molecule has 0 bridgehead atoms. The third kappa shape index (κ3) is 2.90. The molecule has 0 heterocycles. The van der Waals surface area contributed by atoms with E-state index in [0.29, 0.717) is 30.2 Å². The van der Waals surface area contributed by atoms with E-state index < -0.39 is 0 Å². The number of amides is 1. The average Bonchev–Trinajstić information content (AvgIpc) is 2.39. The Labute approximate surface area is 102 Å². The largest absolute Gasteiger partial charge is 0.493 e. The van der Waals surface area contributed by atoms with Gasteiger partial charge in [-0.2, -0.15) is 0 Å². The van der Waals surface area contributed by atoms with Crippen LogP contribution in [-0.4, -0.2) is 38.1 Å². The Balaban J connectivity index is 3.03. The Morgan fingerprint density at radius 1 is 1.12 bits per heavy atom. The molecule has 17 heavy (non-hydrogen) atoms. The summed E-state index contributed by atoms with van der Waals surface area (Å²) in [7, 11) is 3.13. The zero-order valence-corrected chi connectivity index (χ0v) is 10.8. The Morgan fingerprint density at radius 2 is 1.71 bits per heavy atom. The van der Waals surface area contributed by atoms with Crippen LogP contribution in [0, 0.1) is 0 Å². The Morgan fingerprint density at radius 3 is 2.18 bits per heavy atom. The van der Waals surface area contributed by atoms with Crippen molar-refractivity contribution in [3.05, 3.63) is 23.8 Å². The third-order valence-electron chi connectivity index (χ3n) is 2.68. The molecule has 0 aliphatic rings. The number of hydrogen-bond donors (Lipinski definition) is 0. The van der Waals surface area contributed by atoms with Crippen molar-refractivity contribution < 1.29 is 14.3 Å². The minimum atomic E-state index is 0.0101. The van der Waals surface area contributed by atoms with Gasteiger partial charge in [0, 0.05) is 18.7 Å². The lowest BCUT2D eigenvalue weighted by molar-refractivity contribution is 0.0772. The number of rotatable bonds is 5. The van der Waals surface area contributed by atoms with Crippen LogP contribution in [0.5, 0.6) is 11.5 Å². The van der Waals surface area contributed by atoms with E-state index in [9.17, 15) is 4.79 Å². The van der Waals surface area contributed by atoms with Crippen LogP contribution in [0.15, 0.2) is 18.2 Å². The minimum absolute atomic E-state index is 0.0101. The fourth-order valence-corrected chi connectivity index (χ4v) is 1.66. The van der Waals surface area contributed by atoms with Gasteiger partial charge in [-0.25, -0.2) is 0 Å². The van der Waals surface area contributed by atoms with Crippen molar-refractivity contribution in [2.24, 2.45) is 0 Å². The standard InChI is InChI=1S/C13H19NO3/c1-5-14(6-2)13(15)10-7-8-11(16-3)12(9-10)17-4/h7-9H,5-6H2,1-4H3. The molecule has 0 aliphatic carbocycles. The van der Waals surface area contributed by atoms with Crippen molar-refractivity contribution in [1.29, 1.82) is 0 Å². The van der Waals surface area contributed by atoms with Crippen LogP contribution >= 0.6 is 0 Å². The van der Waals surface area contributed by atoms with Gasteiger partial charge in [-0.3, -0.25) is 4.79 Å². The van der Waals surface area contributed by atoms with Gasteiger partial charge < -0.3 is 14.4 Å². The summed E-state index contributed by atoms with van der Waals surface area (Å²) in [4.78, 5) is 13.9. The van der Waals surface area contributed by atoms with Gasteiger partial charge in [0.2, 0.25) is 0 Å². The van der Waals surface area contributed by atoms with Gasteiger partial charge in [0.05, 0.1) is 14.2 Å². The molecule has 1 amide bonds. The van der Waals surface area contributed by atoms with E-state index in [-0.39, 0.29) is 5.91 Å². The van der Waals surface area contributed by atoms with Crippen LogP contribution in [0.25, 0.3) is 0 Å². The van der Waals surface area contributed by atoms with E-state index >= 15 is 0 Å². The molecular formula is C13H19NO3. The van der Waals surface area contributed by atoms with Crippen molar-refractivity contribution in [1.82, 2.24) is 4.90 Å². The molecule has 1 aromatic rings. The topological polar surface area (TPSA) is 38.8 Å². The predicted octanol–water partition coefficient (Wildman–Crippen LogP) is 2.19. The number of nitrogens with zero attached hydrogens (tertiary/aromatic N) is 1. The first-order valence-corrected chi connectivity index (χ1v) is 5.69. The lowest BCUT2D eigenvalue weighted by Crippen LogP contribution is -2.30. The first kappa shape index (κ1) is 13.4. The number of benzene rings is 1. The van der Waals surface area contributed by atoms with Crippen molar-refractivity contribution in [2.45, 2.75) is 13.8 Å². The molecule has 1 rings (SSSR count). The molecule has 94 valence electrons. The fourth-order valence-electron chi connectivity index (χ4n) is 1.66. The minimum Gasteiger partial charge on any atom is -0.493 e. The van der Waals surface area contributed by atoms with E-state index in [0.717, 1.165) is 0 Å². The maximum atomic E-state index is 12.1. The van der Waals surface area contributed by atoms with Crippen LogP contribution in [0.2, 0.25) is 0 Å². The van der Waals surface area contributed by atoms with Crippen LogP contribution in [0.1, 0.15) is 24.2 Å². The molecule has 0 radical (unpaired) electrons.